The molecule has 4 heterocycles. The van der Waals surface area contributed by atoms with Crippen LogP contribution in [0.25, 0.3) is 5.52 Å². The smallest absolute Gasteiger partial charge is 0.267 e. The molecule has 2 aliphatic rings. The zero-order valence-electron chi connectivity index (χ0n) is 21.2. The highest BCUT2D eigenvalue weighted by Crippen LogP contribution is 2.34. The Labute approximate surface area is 216 Å². The van der Waals surface area contributed by atoms with Gasteiger partial charge < -0.3 is 10.4 Å². The van der Waals surface area contributed by atoms with Gasteiger partial charge in [-0.25, -0.2) is 0 Å². The molecule has 3 aromatic heterocycles. The van der Waals surface area contributed by atoms with Crippen LogP contribution in [0.15, 0.2) is 53.6 Å². The lowest BCUT2D eigenvalue weighted by molar-refractivity contribution is 0.0716. The fraction of sp³-hybridized carbons (Fsp3) is 0.448. The quantitative estimate of drug-likeness (QED) is 0.558. The number of fused-ring (bicyclic) bond motifs is 1. The van der Waals surface area contributed by atoms with E-state index in [4.69, 9.17) is 0 Å². The number of aryl methyl sites for hydroxylation is 1. The maximum atomic E-state index is 13.2. The number of aliphatic hydroxyl groups excluding tert-OH is 1. The number of rotatable bonds is 5. The Morgan fingerprint density at radius 1 is 1.22 bits per heavy atom. The molecule has 8 heteroatoms. The van der Waals surface area contributed by atoms with E-state index in [1.807, 2.05) is 31.2 Å². The van der Waals surface area contributed by atoms with Crippen molar-refractivity contribution in [3.05, 3.63) is 81.5 Å². The first-order valence-electron chi connectivity index (χ1n) is 13.1. The van der Waals surface area contributed by atoms with Gasteiger partial charge in [0.25, 0.3) is 11.5 Å². The van der Waals surface area contributed by atoms with Gasteiger partial charge in [-0.3, -0.25) is 23.9 Å². The van der Waals surface area contributed by atoms with Gasteiger partial charge in [-0.2, -0.15) is 5.26 Å². The van der Waals surface area contributed by atoms with Crippen molar-refractivity contribution >= 4 is 11.4 Å². The Balaban J connectivity index is 1.39. The van der Waals surface area contributed by atoms with E-state index in [2.05, 4.69) is 21.3 Å². The van der Waals surface area contributed by atoms with Crippen molar-refractivity contribution < 1.29 is 9.90 Å². The van der Waals surface area contributed by atoms with Gasteiger partial charge in [-0.15, -0.1) is 0 Å². The van der Waals surface area contributed by atoms with Crippen molar-refractivity contribution in [3.8, 4) is 6.07 Å². The summed E-state index contributed by atoms with van der Waals surface area (Å²) < 4.78 is 1.53. The molecule has 3 aromatic rings. The molecule has 1 amide bonds. The van der Waals surface area contributed by atoms with Gasteiger partial charge >= 0.3 is 0 Å². The Morgan fingerprint density at radius 2 is 2.00 bits per heavy atom. The van der Waals surface area contributed by atoms with Crippen LogP contribution in [0.3, 0.4) is 0 Å². The number of amides is 1. The standard InChI is InChI=1S/C29H33N5O3/c1-20-9-12-31-26(16-20)29(19-30)10-14-33(15-11-29)18-21-17-22(28(37)34-13-5-4-7-24(21)34)27(36)32-23-6-2-3-8-25(23)35/h4-5,7,9,12-13,16-17,23,25,35H,2-3,6,8,10-11,14-15,18H2,1H3,(H,32,36). The fourth-order valence-corrected chi connectivity index (χ4v) is 5.69. The molecule has 2 atom stereocenters. The molecule has 192 valence electrons. The van der Waals surface area contributed by atoms with Gasteiger partial charge in [0, 0.05) is 32.0 Å². The molecule has 2 fully saturated rings. The summed E-state index contributed by atoms with van der Waals surface area (Å²) >= 11 is 0. The summed E-state index contributed by atoms with van der Waals surface area (Å²) in [6.45, 7) is 3.98. The van der Waals surface area contributed by atoms with E-state index in [-0.39, 0.29) is 17.2 Å². The van der Waals surface area contributed by atoms with Crippen LogP contribution in [0.4, 0.5) is 0 Å². The minimum atomic E-state index is -0.607. The Bertz CT molecular complexity index is 1400. The van der Waals surface area contributed by atoms with Crippen LogP contribution < -0.4 is 10.9 Å². The van der Waals surface area contributed by atoms with Gasteiger partial charge in [0.05, 0.1) is 29.4 Å². The molecule has 0 bridgehead atoms. The summed E-state index contributed by atoms with van der Waals surface area (Å²) in [5, 5.41) is 23.3. The van der Waals surface area contributed by atoms with E-state index in [1.165, 1.54) is 4.40 Å². The molecule has 1 aliphatic carbocycles. The number of pyridine rings is 3. The number of nitriles is 1. The van der Waals surface area contributed by atoms with Crippen LogP contribution in [0, 0.1) is 18.3 Å². The highest BCUT2D eigenvalue weighted by molar-refractivity contribution is 5.94. The first kappa shape index (κ1) is 25.1. The first-order valence-corrected chi connectivity index (χ1v) is 13.1. The summed E-state index contributed by atoms with van der Waals surface area (Å²) in [6.07, 6.45) is 7.45. The van der Waals surface area contributed by atoms with Crippen molar-refractivity contribution in [1.29, 1.82) is 5.26 Å². The number of piperidine rings is 1. The predicted molar refractivity (Wildman–Crippen MR) is 140 cm³/mol. The molecular weight excluding hydrogens is 466 g/mol. The van der Waals surface area contributed by atoms with Gasteiger partial charge in [-0.1, -0.05) is 18.9 Å². The average molecular weight is 500 g/mol. The predicted octanol–water partition coefficient (Wildman–Crippen LogP) is 3.09. The number of nitrogens with one attached hydrogen (secondary N) is 1. The van der Waals surface area contributed by atoms with Crippen LogP contribution in [0.2, 0.25) is 0 Å². The second-order valence-electron chi connectivity index (χ2n) is 10.5. The van der Waals surface area contributed by atoms with E-state index in [1.54, 1.807) is 24.5 Å². The molecule has 1 saturated heterocycles. The number of aliphatic hydroxyl groups is 1. The molecule has 2 unspecified atom stereocenters. The Morgan fingerprint density at radius 3 is 2.73 bits per heavy atom. The molecule has 0 spiro atoms. The zero-order chi connectivity index (χ0) is 26.0. The van der Waals surface area contributed by atoms with Crippen LogP contribution in [0.1, 0.15) is 65.7 Å². The molecular formula is C29H33N5O3. The lowest BCUT2D eigenvalue weighted by Crippen LogP contribution is -2.46. The number of carbonyl (C=O) groups excluding carboxylic acids is 1. The number of hydrogen-bond acceptors (Lipinski definition) is 6. The minimum Gasteiger partial charge on any atom is -0.391 e. The maximum absolute atomic E-state index is 13.2. The summed E-state index contributed by atoms with van der Waals surface area (Å²) in [5.41, 5.74) is 2.68. The third-order valence-electron chi connectivity index (χ3n) is 7.97. The fourth-order valence-electron chi connectivity index (χ4n) is 5.69. The third-order valence-corrected chi connectivity index (χ3v) is 7.97. The number of carbonyl (C=O) groups is 1. The van der Waals surface area contributed by atoms with Crippen molar-refractivity contribution in [2.75, 3.05) is 13.1 Å². The molecule has 37 heavy (non-hydrogen) atoms. The van der Waals surface area contributed by atoms with Crippen LogP contribution in [-0.4, -0.2) is 50.5 Å². The van der Waals surface area contributed by atoms with Crippen molar-refractivity contribution in [2.24, 2.45) is 0 Å². The molecule has 5 rings (SSSR count). The molecule has 0 radical (unpaired) electrons. The first-order chi connectivity index (χ1) is 17.9. The van der Waals surface area contributed by atoms with E-state index in [0.29, 0.717) is 45.3 Å². The Kier molecular flexibility index (Phi) is 7.09. The lowest BCUT2D eigenvalue weighted by atomic mass is 9.76. The molecule has 1 saturated carbocycles. The number of hydrogen-bond donors (Lipinski definition) is 2. The number of likely N-dealkylation sites (tertiary alicyclic amines) is 1. The van der Waals surface area contributed by atoms with Gasteiger partial charge in [0.2, 0.25) is 0 Å². The van der Waals surface area contributed by atoms with Crippen molar-refractivity contribution in [2.45, 2.75) is 69.6 Å². The summed E-state index contributed by atoms with van der Waals surface area (Å²) in [4.78, 5) is 33.2. The second kappa shape index (κ2) is 10.4. The van der Waals surface area contributed by atoms with Crippen LogP contribution in [-0.2, 0) is 12.0 Å². The SMILES string of the molecule is Cc1ccnc(C2(C#N)CCN(Cc3cc(C(=O)NC4CCCCC4O)c(=O)n4ccccc34)CC2)c1. The normalized spacial score (nSPS) is 21.9. The van der Waals surface area contributed by atoms with E-state index in [0.717, 1.165) is 35.2 Å². The molecule has 0 aromatic carbocycles. The lowest BCUT2D eigenvalue weighted by Gasteiger charge is -2.37. The Hall–Kier alpha value is -3.54. The average Bonchev–Trinajstić information content (AvgIpc) is 2.92. The zero-order valence-corrected chi connectivity index (χ0v) is 21.2. The van der Waals surface area contributed by atoms with Crippen LogP contribution in [0.5, 0.6) is 0 Å². The van der Waals surface area contributed by atoms with E-state index < -0.39 is 17.4 Å². The summed E-state index contributed by atoms with van der Waals surface area (Å²) in [7, 11) is 0. The topological polar surface area (TPSA) is 111 Å². The van der Waals surface area contributed by atoms with Crippen LogP contribution >= 0.6 is 0 Å². The molecule has 2 N–H and O–H groups in total. The monoisotopic (exact) mass is 499 g/mol. The summed E-state index contributed by atoms with van der Waals surface area (Å²) in [6, 6.07) is 13.4. The minimum absolute atomic E-state index is 0.0869. The van der Waals surface area contributed by atoms with Crippen molar-refractivity contribution in [1.82, 2.24) is 19.6 Å². The third kappa shape index (κ3) is 5.02. The molecule has 8 nitrogen and oxygen atoms in total. The van der Waals surface area contributed by atoms with E-state index >= 15 is 0 Å². The highest BCUT2D eigenvalue weighted by atomic mass is 16.3. The number of aromatic nitrogens is 2. The summed E-state index contributed by atoms with van der Waals surface area (Å²) in [5.74, 6) is -0.442. The van der Waals surface area contributed by atoms with Gasteiger partial charge in [0.15, 0.2) is 0 Å². The second-order valence-corrected chi connectivity index (χ2v) is 10.5. The van der Waals surface area contributed by atoms with Gasteiger partial charge in [-0.05, 0) is 74.1 Å². The highest BCUT2D eigenvalue weighted by Gasteiger charge is 2.38. The van der Waals surface area contributed by atoms with Gasteiger partial charge in [0.1, 0.15) is 11.0 Å². The largest absolute Gasteiger partial charge is 0.391 e. The van der Waals surface area contributed by atoms with E-state index in [9.17, 15) is 20.0 Å². The number of nitrogens with zero attached hydrogens (tertiary/aromatic N) is 4. The van der Waals surface area contributed by atoms with Crippen molar-refractivity contribution in [3.63, 3.8) is 0 Å². The molecule has 1 aliphatic heterocycles. The maximum Gasteiger partial charge on any atom is 0.267 e.